The van der Waals surface area contributed by atoms with Gasteiger partial charge in [-0.05, 0) is 26.3 Å². The maximum absolute atomic E-state index is 12.4. The topological polar surface area (TPSA) is 61.8 Å². The van der Waals surface area contributed by atoms with E-state index in [9.17, 15) is 17.2 Å². The van der Waals surface area contributed by atoms with Crippen LogP contribution in [0.5, 0.6) is 0 Å². The van der Waals surface area contributed by atoms with Crippen LogP contribution in [0.15, 0.2) is 16.3 Å². The molecule has 0 aliphatic carbocycles. The minimum atomic E-state index is -4.55. The summed E-state index contributed by atoms with van der Waals surface area (Å²) in [4.78, 5) is 6.33. The van der Waals surface area contributed by atoms with Gasteiger partial charge in [0.1, 0.15) is 5.84 Å². The minimum absolute atomic E-state index is 0.0525. The van der Waals surface area contributed by atoms with Crippen molar-refractivity contribution >= 4 is 15.9 Å². The lowest BCUT2D eigenvalue weighted by Gasteiger charge is -2.28. The summed E-state index contributed by atoms with van der Waals surface area (Å²) in [6, 6.07) is -0.476. The SMILES string of the molecule is CC1=N[C@@H](C)C(C)=C2C[C@@H](NS(=O)(=O)C(F)F)CN12. The van der Waals surface area contributed by atoms with Gasteiger partial charge in [-0.1, -0.05) is 0 Å². The number of sulfonamides is 1. The van der Waals surface area contributed by atoms with Crippen molar-refractivity contribution in [1.29, 1.82) is 0 Å². The summed E-state index contributed by atoms with van der Waals surface area (Å²) < 4.78 is 49.1. The van der Waals surface area contributed by atoms with Gasteiger partial charge in [0.05, 0.1) is 6.04 Å². The Morgan fingerprint density at radius 3 is 2.63 bits per heavy atom. The van der Waals surface area contributed by atoms with E-state index in [4.69, 9.17) is 0 Å². The molecule has 2 heterocycles. The molecule has 2 aliphatic rings. The van der Waals surface area contributed by atoms with Gasteiger partial charge in [-0.2, -0.15) is 8.78 Å². The molecule has 1 N–H and O–H groups in total. The second kappa shape index (κ2) is 4.82. The number of hydrogen-bond acceptors (Lipinski definition) is 4. The third-order valence-electron chi connectivity index (χ3n) is 3.59. The number of amidine groups is 1. The summed E-state index contributed by atoms with van der Waals surface area (Å²) in [5.74, 6) is -2.60. The third kappa shape index (κ3) is 2.64. The average Bonchev–Trinajstić information content (AvgIpc) is 2.69. The van der Waals surface area contributed by atoms with Gasteiger partial charge >= 0.3 is 5.76 Å². The van der Waals surface area contributed by atoms with E-state index >= 15 is 0 Å². The van der Waals surface area contributed by atoms with Crippen LogP contribution in [0.4, 0.5) is 8.78 Å². The van der Waals surface area contributed by atoms with Crippen LogP contribution in [0.25, 0.3) is 0 Å². The highest BCUT2D eigenvalue weighted by atomic mass is 32.2. The van der Waals surface area contributed by atoms with Gasteiger partial charge in [0.15, 0.2) is 0 Å². The predicted octanol–water partition coefficient (Wildman–Crippen LogP) is 1.30. The van der Waals surface area contributed by atoms with Gasteiger partial charge in [-0.3, -0.25) is 4.99 Å². The van der Waals surface area contributed by atoms with Gasteiger partial charge in [0.25, 0.3) is 10.0 Å². The number of nitrogens with one attached hydrogen (secondary N) is 1. The van der Waals surface area contributed by atoms with E-state index in [0.717, 1.165) is 17.1 Å². The first-order chi connectivity index (χ1) is 8.72. The molecule has 19 heavy (non-hydrogen) atoms. The Bertz CT molecular complexity index is 542. The number of halogens is 2. The predicted molar refractivity (Wildman–Crippen MR) is 68.4 cm³/mol. The molecule has 0 aromatic heterocycles. The van der Waals surface area contributed by atoms with E-state index in [1.165, 1.54) is 0 Å². The van der Waals surface area contributed by atoms with Crippen molar-refractivity contribution in [2.24, 2.45) is 4.99 Å². The van der Waals surface area contributed by atoms with Crippen LogP contribution in [0.3, 0.4) is 0 Å². The van der Waals surface area contributed by atoms with Crippen LogP contribution >= 0.6 is 0 Å². The van der Waals surface area contributed by atoms with E-state index in [1.807, 2.05) is 25.7 Å². The Balaban J connectivity index is 2.18. The monoisotopic (exact) mass is 293 g/mol. The van der Waals surface area contributed by atoms with Crippen molar-refractivity contribution < 1.29 is 17.2 Å². The molecule has 0 amide bonds. The molecule has 0 radical (unpaired) electrons. The number of fused-ring (bicyclic) bond motifs is 1. The molecule has 5 nitrogen and oxygen atoms in total. The van der Waals surface area contributed by atoms with Gasteiger partial charge in [0.2, 0.25) is 0 Å². The highest BCUT2D eigenvalue weighted by Gasteiger charge is 2.37. The van der Waals surface area contributed by atoms with E-state index in [2.05, 4.69) is 9.71 Å². The van der Waals surface area contributed by atoms with Crippen LogP contribution in [0.2, 0.25) is 0 Å². The molecule has 0 saturated carbocycles. The quantitative estimate of drug-likeness (QED) is 0.853. The number of alkyl halides is 2. The zero-order chi connectivity index (χ0) is 14.4. The van der Waals surface area contributed by atoms with Crippen LogP contribution in [-0.4, -0.2) is 43.5 Å². The first-order valence-electron chi connectivity index (χ1n) is 6.03. The molecule has 1 saturated heterocycles. The Morgan fingerprint density at radius 1 is 1.42 bits per heavy atom. The third-order valence-corrected chi connectivity index (χ3v) is 4.72. The lowest BCUT2D eigenvalue weighted by atomic mass is 10.0. The van der Waals surface area contributed by atoms with Crippen molar-refractivity contribution in [1.82, 2.24) is 9.62 Å². The van der Waals surface area contributed by atoms with Crippen molar-refractivity contribution in [2.45, 2.75) is 45.0 Å². The zero-order valence-corrected chi connectivity index (χ0v) is 11.8. The summed E-state index contributed by atoms with van der Waals surface area (Å²) in [6.07, 6.45) is 0.426. The molecule has 0 aromatic carbocycles. The summed E-state index contributed by atoms with van der Waals surface area (Å²) in [6.45, 7) is 6.08. The van der Waals surface area contributed by atoms with Crippen LogP contribution in [-0.2, 0) is 10.0 Å². The van der Waals surface area contributed by atoms with Gasteiger partial charge in [-0.15, -0.1) is 0 Å². The fraction of sp³-hybridized carbons (Fsp3) is 0.727. The van der Waals surface area contributed by atoms with Crippen molar-refractivity contribution in [2.75, 3.05) is 6.54 Å². The second-order valence-corrected chi connectivity index (χ2v) is 6.60. The Kier molecular flexibility index (Phi) is 3.65. The summed E-state index contributed by atoms with van der Waals surface area (Å²) in [7, 11) is -4.55. The number of rotatable bonds is 3. The van der Waals surface area contributed by atoms with E-state index in [1.54, 1.807) is 0 Å². The smallest absolute Gasteiger partial charge is 0.332 e. The van der Waals surface area contributed by atoms with Crippen LogP contribution < -0.4 is 4.72 Å². The first kappa shape index (κ1) is 14.4. The molecule has 2 aliphatic heterocycles. The molecule has 108 valence electrons. The molecule has 0 spiro atoms. The van der Waals surface area contributed by atoms with Gasteiger partial charge in [-0.25, -0.2) is 13.1 Å². The van der Waals surface area contributed by atoms with Crippen molar-refractivity contribution in [3.63, 3.8) is 0 Å². The molecule has 2 rings (SSSR count). The maximum atomic E-state index is 12.4. The summed E-state index contributed by atoms with van der Waals surface area (Å²) >= 11 is 0. The first-order valence-corrected chi connectivity index (χ1v) is 7.58. The van der Waals surface area contributed by atoms with Crippen LogP contribution in [0.1, 0.15) is 27.2 Å². The standard InChI is InChI=1S/C11H17F2N3O2S/c1-6-7(2)14-8(3)16-5-9(4-10(6)16)15-19(17,18)11(12)13/h7,9,11,15H,4-5H2,1-3H3/t7-,9+/m0/s1. The Hall–Kier alpha value is -1.02. The van der Waals surface area contributed by atoms with E-state index < -0.39 is 21.8 Å². The molecule has 8 heteroatoms. The van der Waals surface area contributed by atoms with Crippen molar-refractivity contribution in [3.05, 3.63) is 11.3 Å². The number of nitrogens with zero attached hydrogens (tertiary/aromatic N) is 2. The molecular formula is C11H17F2N3O2S. The lowest BCUT2D eigenvalue weighted by molar-refractivity contribution is 0.231. The highest BCUT2D eigenvalue weighted by Crippen LogP contribution is 2.31. The molecular weight excluding hydrogens is 276 g/mol. The molecule has 0 aromatic rings. The Labute approximate surface area is 111 Å². The highest BCUT2D eigenvalue weighted by molar-refractivity contribution is 7.89. The number of hydrogen-bond donors (Lipinski definition) is 1. The van der Waals surface area contributed by atoms with Crippen molar-refractivity contribution in [3.8, 4) is 0 Å². The zero-order valence-electron chi connectivity index (χ0n) is 11.0. The minimum Gasteiger partial charge on any atom is -0.332 e. The normalized spacial score (nSPS) is 27.9. The second-order valence-electron chi connectivity index (χ2n) is 4.92. The van der Waals surface area contributed by atoms with Crippen LogP contribution in [0, 0.1) is 0 Å². The van der Waals surface area contributed by atoms with Gasteiger partial charge < -0.3 is 4.90 Å². The van der Waals surface area contributed by atoms with Gasteiger partial charge in [0, 0.05) is 24.7 Å². The molecule has 0 bridgehead atoms. The number of aliphatic imine (C=N–C) groups is 1. The van der Waals surface area contributed by atoms with E-state index in [-0.39, 0.29) is 6.04 Å². The fourth-order valence-electron chi connectivity index (χ4n) is 2.49. The Morgan fingerprint density at radius 2 is 2.05 bits per heavy atom. The lowest BCUT2D eigenvalue weighted by Crippen LogP contribution is -2.40. The van der Waals surface area contributed by atoms with E-state index in [0.29, 0.717) is 13.0 Å². The maximum Gasteiger partial charge on any atom is 0.350 e. The average molecular weight is 293 g/mol. The molecule has 0 unspecified atom stereocenters. The summed E-state index contributed by atoms with van der Waals surface area (Å²) in [5.41, 5.74) is 2.05. The summed E-state index contributed by atoms with van der Waals surface area (Å²) in [5, 5.41) is 0. The fourth-order valence-corrected chi connectivity index (χ4v) is 3.22. The molecule has 2 atom stereocenters. The largest absolute Gasteiger partial charge is 0.350 e. The molecule has 1 fully saturated rings.